The number of nitrogens with two attached hydrogens (primary N) is 1. The number of hydrogen-bond donors (Lipinski definition) is 1. The quantitative estimate of drug-likeness (QED) is 0.463. The molecule has 0 atom stereocenters. The Kier molecular flexibility index (Phi) is 10.5. The van der Waals surface area contributed by atoms with E-state index in [-0.39, 0.29) is 5.97 Å². The number of esters is 1. The fraction of sp³-hybridized carbons (Fsp3) is 0.923. The molecule has 0 heterocycles. The third-order valence-corrected chi connectivity index (χ3v) is 2.52. The molecule has 0 spiro atoms. The van der Waals surface area contributed by atoms with Crippen molar-refractivity contribution in [2.75, 3.05) is 13.2 Å². The molecule has 3 nitrogen and oxygen atoms in total. The van der Waals surface area contributed by atoms with Crippen LogP contribution < -0.4 is 5.73 Å². The van der Waals surface area contributed by atoms with Crippen LogP contribution in [0, 0.1) is 5.92 Å². The summed E-state index contributed by atoms with van der Waals surface area (Å²) in [6.45, 7) is 5.69. The summed E-state index contributed by atoms with van der Waals surface area (Å²) in [5, 5.41) is 0. The Bertz CT molecular complexity index is 169. The van der Waals surface area contributed by atoms with Crippen molar-refractivity contribution in [3.8, 4) is 0 Å². The maximum absolute atomic E-state index is 11.3. The predicted octanol–water partition coefficient (Wildman–Crippen LogP) is 2.88. The molecule has 0 unspecified atom stereocenters. The largest absolute Gasteiger partial charge is 0.466 e. The highest BCUT2D eigenvalue weighted by atomic mass is 16.5. The van der Waals surface area contributed by atoms with Crippen molar-refractivity contribution in [2.45, 2.75) is 58.8 Å². The molecule has 0 radical (unpaired) electrons. The summed E-state index contributed by atoms with van der Waals surface area (Å²) in [7, 11) is 0. The molecule has 0 aliphatic heterocycles. The Balaban J connectivity index is 3.18. The van der Waals surface area contributed by atoms with E-state index in [0.717, 1.165) is 45.1 Å². The molecule has 16 heavy (non-hydrogen) atoms. The second-order valence-electron chi connectivity index (χ2n) is 4.71. The fourth-order valence-electron chi connectivity index (χ4n) is 1.52. The highest BCUT2D eigenvalue weighted by Gasteiger charge is 2.02. The number of rotatable bonds is 10. The van der Waals surface area contributed by atoms with Gasteiger partial charge in [-0.15, -0.1) is 0 Å². The summed E-state index contributed by atoms with van der Waals surface area (Å²) in [5.74, 6) is 0.645. The van der Waals surface area contributed by atoms with Gasteiger partial charge in [0, 0.05) is 6.42 Å². The van der Waals surface area contributed by atoms with E-state index in [4.69, 9.17) is 10.5 Å². The standard InChI is InChI=1S/C13H27NO2/c1-12(2)8-7-11-16-13(15)9-5-3-4-6-10-14/h12H,3-11,14H2,1-2H3. The molecule has 0 aliphatic carbocycles. The van der Waals surface area contributed by atoms with E-state index in [0.29, 0.717) is 18.9 Å². The lowest BCUT2D eigenvalue weighted by Crippen LogP contribution is -2.06. The monoisotopic (exact) mass is 229 g/mol. The van der Waals surface area contributed by atoms with E-state index in [1.165, 1.54) is 0 Å². The summed E-state index contributed by atoms with van der Waals surface area (Å²) >= 11 is 0. The fourth-order valence-corrected chi connectivity index (χ4v) is 1.52. The molecule has 0 aromatic heterocycles. The van der Waals surface area contributed by atoms with Gasteiger partial charge < -0.3 is 10.5 Å². The van der Waals surface area contributed by atoms with Crippen molar-refractivity contribution < 1.29 is 9.53 Å². The van der Waals surface area contributed by atoms with Gasteiger partial charge in [-0.25, -0.2) is 0 Å². The maximum atomic E-state index is 11.3. The van der Waals surface area contributed by atoms with Gasteiger partial charge in [-0.05, 0) is 38.1 Å². The van der Waals surface area contributed by atoms with Gasteiger partial charge in [-0.3, -0.25) is 4.79 Å². The first-order valence-electron chi connectivity index (χ1n) is 6.52. The molecule has 0 bridgehead atoms. The predicted molar refractivity (Wildman–Crippen MR) is 67.2 cm³/mol. The van der Waals surface area contributed by atoms with Crippen LogP contribution in [0.5, 0.6) is 0 Å². The van der Waals surface area contributed by atoms with Gasteiger partial charge in [-0.2, -0.15) is 0 Å². The van der Waals surface area contributed by atoms with Crippen LogP contribution in [0.3, 0.4) is 0 Å². The van der Waals surface area contributed by atoms with Crippen molar-refractivity contribution in [2.24, 2.45) is 11.7 Å². The summed E-state index contributed by atoms with van der Waals surface area (Å²) in [6.07, 6.45) is 6.87. The summed E-state index contributed by atoms with van der Waals surface area (Å²) in [6, 6.07) is 0. The van der Waals surface area contributed by atoms with Gasteiger partial charge >= 0.3 is 5.97 Å². The van der Waals surface area contributed by atoms with Gasteiger partial charge in [0.2, 0.25) is 0 Å². The number of unbranched alkanes of at least 4 members (excludes halogenated alkanes) is 3. The van der Waals surface area contributed by atoms with Crippen LogP contribution in [-0.2, 0) is 9.53 Å². The van der Waals surface area contributed by atoms with E-state index in [9.17, 15) is 4.79 Å². The van der Waals surface area contributed by atoms with Gasteiger partial charge in [-0.1, -0.05) is 26.7 Å². The molecule has 0 rings (SSSR count). The van der Waals surface area contributed by atoms with Crippen molar-refractivity contribution in [3.63, 3.8) is 0 Å². The van der Waals surface area contributed by atoms with Crippen LogP contribution in [0.4, 0.5) is 0 Å². The molecular formula is C13H27NO2. The minimum Gasteiger partial charge on any atom is -0.466 e. The maximum Gasteiger partial charge on any atom is 0.305 e. The number of carbonyl (C=O) groups excluding carboxylic acids is 1. The molecule has 0 aromatic rings. The molecule has 0 saturated heterocycles. The smallest absolute Gasteiger partial charge is 0.305 e. The molecule has 96 valence electrons. The molecule has 0 aliphatic rings. The first kappa shape index (κ1) is 15.4. The van der Waals surface area contributed by atoms with Gasteiger partial charge in [0.1, 0.15) is 0 Å². The molecule has 0 saturated carbocycles. The summed E-state index contributed by atoms with van der Waals surface area (Å²) < 4.78 is 5.14. The highest BCUT2D eigenvalue weighted by molar-refractivity contribution is 5.69. The zero-order chi connectivity index (χ0) is 12.2. The molecule has 0 aromatic carbocycles. The Hall–Kier alpha value is -0.570. The average Bonchev–Trinajstić information content (AvgIpc) is 2.24. The molecule has 2 N–H and O–H groups in total. The molecule has 0 fully saturated rings. The van der Waals surface area contributed by atoms with Gasteiger partial charge in [0.05, 0.1) is 6.61 Å². The minimum atomic E-state index is -0.0449. The second-order valence-corrected chi connectivity index (χ2v) is 4.71. The lowest BCUT2D eigenvalue weighted by Gasteiger charge is -2.06. The van der Waals surface area contributed by atoms with E-state index < -0.39 is 0 Å². The lowest BCUT2D eigenvalue weighted by atomic mass is 10.1. The van der Waals surface area contributed by atoms with Crippen molar-refractivity contribution in [3.05, 3.63) is 0 Å². The average molecular weight is 229 g/mol. The Labute approximate surface area is 99.7 Å². The first-order valence-corrected chi connectivity index (χ1v) is 6.52. The van der Waals surface area contributed by atoms with Crippen LogP contribution in [-0.4, -0.2) is 19.1 Å². The van der Waals surface area contributed by atoms with Crippen molar-refractivity contribution >= 4 is 5.97 Å². The van der Waals surface area contributed by atoms with Crippen molar-refractivity contribution in [1.82, 2.24) is 0 Å². The Morgan fingerprint density at radius 1 is 1.12 bits per heavy atom. The van der Waals surface area contributed by atoms with Crippen LogP contribution in [0.1, 0.15) is 58.8 Å². The van der Waals surface area contributed by atoms with Gasteiger partial charge in [0.25, 0.3) is 0 Å². The zero-order valence-corrected chi connectivity index (χ0v) is 10.8. The van der Waals surface area contributed by atoms with E-state index in [2.05, 4.69) is 13.8 Å². The number of carbonyl (C=O) groups is 1. The van der Waals surface area contributed by atoms with Crippen LogP contribution in [0.2, 0.25) is 0 Å². The lowest BCUT2D eigenvalue weighted by molar-refractivity contribution is -0.143. The number of hydrogen-bond acceptors (Lipinski definition) is 3. The van der Waals surface area contributed by atoms with E-state index in [1.807, 2.05) is 0 Å². The molecule has 0 amide bonds. The number of ether oxygens (including phenoxy) is 1. The first-order chi connectivity index (χ1) is 7.66. The topological polar surface area (TPSA) is 52.3 Å². The summed E-state index contributed by atoms with van der Waals surface area (Å²) in [4.78, 5) is 11.3. The minimum absolute atomic E-state index is 0.0449. The van der Waals surface area contributed by atoms with Crippen molar-refractivity contribution in [1.29, 1.82) is 0 Å². The van der Waals surface area contributed by atoms with Crippen LogP contribution in [0.15, 0.2) is 0 Å². The second kappa shape index (κ2) is 10.9. The van der Waals surface area contributed by atoms with Crippen LogP contribution in [0.25, 0.3) is 0 Å². The highest BCUT2D eigenvalue weighted by Crippen LogP contribution is 2.06. The Morgan fingerprint density at radius 3 is 2.44 bits per heavy atom. The van der Waals surface area contributed by atoms with Crippen LogP contribution >= 0.6 is 0 Å². The molecule has 3 heteroatoms. The normalized spacial score (nSPS) is 10.8. The zero-order valence-electron chi connectivity index (χ0n) is 10.8. The summed E-state index contributed by atoms with van der Waals surface area (Å²) in [5.41, 5.74) is 5.38. The van der Waals surface area contributed by atoms with E-state index >= 15 is 0 Å². The third-order valence-electron chi connectivity index (χ3n) is 2.52. The van der Waals surface area contributed by atoms with Gasteiger partial charge in [0.15, 0.2) is 0 Å². The Morgan fingerprint density at radius 2 is 1.81 bits per heavy atom. The van der Waals surface area contributed by atoms with E-state index in [1.54, 1.807) is 0 Å². The molecular weight excluding hydrogens is 202 g/mol. The third kappa shape index (κ3) is 11.5. The SMILES string of the molecule is CC(C)CCCOC(=O)CCCCCCN.